The van der Waals surface area contributed by atoms with Gasteiger partial charge in [-0.2, -0.15) is 0 Å². The first-order valence-corrected chi connectivity index (χ1v) is 7.60. The second-order valence-electron chi connectivity index (χ2n) is 0.500. The summed E-state index contributed by atoms with van der Waals surface area (Å²) in [5.74, 6) is 0. The van der Waals surface area contributed by atoms with Crippen molar-refractivity contribution in [3.63, 3.8) is 0 Å². The SMILES string of the molecule is CO.CO.[CH3][Sn][CH3]. The molecule has 3 heteroatoms. The Morgan fingerprint density at radius 1 is 0.857 bits per heavy atom. The van der Waals surface area contributed by atoms with E-state index in [2.05, 4.69) is 9.88 Å². The molecule has 0 spiro atoms. The van der Waals surface area contributed by atoms with E-state index in [1.165, 1.54) is 0 Å². The van der Waals surface area contributed by atoms with Gasteiger partial charge >= 0.3 is 31.0 Å². The zero-order valence-electron chi connectivity index (χ0n) is 5.39. The standard InChI is InChI=1S/2CH4O.2CH3.Sn/c2*1-2;;;/h2*2H,1H3;2*1H3;. The quantitative estimate of drug-likeness (QED) is 0.556. The van der Waals surface area contributed by atoms with Gasteiger partial charge in [0.25, 0.3) is 0 Å². The first-order chi connectivity index (χ1) is 3.41. The monoisotopic (exact) mass is 214 g/mol. The minimum atomic E-state index is 0.230. The molecule has 0 heterocycles. The average Bonchev–Trinajstić information content (AvgIpc) is 1.78. The first-order valence-electron chi connectivity index (χ1n) is 1.89. The van der Waals surface area contributed by atoms with E-state index in [4.69, 9.17) is 10.2 Å². The van der Waals surface area contributed by atoms with Crippen LogP contribution in [0.4, 0.5) is 0 Å². The number of rotatable bonds is 0. The molecule has 0 saturated carbocycles. The zero-order valence-corrected chi connectivity index (χ0v) is 8.25. The molecule has 0 unspecified atom stereocenters. The molecule has 0 aliphatic rings. The Balaban J connectivity index is -0.0000000360. The molecule has 0 aromatic carbocycles. The van der Waals surface area contributed by atoms with Crippen molar-refractivity contribution in [2.45, 2.75) is 9.88 Å². The number of aliphatic hydroxyl groups excluding tert-OH is 2. The fraction of sp³-hybridized carbons (Fsp3) is 1.00. The second-order valence-corrected chi connectivity index (χ2v) is 3.35. The predicted octanol–water partition coefficient (Wildman–Crippen LogP) is 0.00380. The summed E-state index contributed by atoms with van der Waals surface area (Å²) in [6, 6.07) is 0. The molecule has 0 amide bonds. The van der Waals surface area contributed by atoms with Crippen LogP contribution in [-0.2, 0) is 0 Å². The maximum absolute atomic E-state index is 7.00. The van der Waals surface area contributed by atoms with Crippen LogP contribution in [0, 0.1) is 0 Å². The summed E-state index contributed by atoms with van der Waals surface area (Å²) in [6.45, 7) is 0. The van der Waals surface area contributed by atoms with Crippen molar-refractivity contribution in [3.8, 4) is 0 Å². The van der Waals surface area contributed by atoms with Gasteiger partial charge in [-0.1, -0.05) is 0 Å². The molecule has 0 rings (SSSR count). The second kappa shape index (κ2) is 74.4. The molecule has 2 radical (unpaired) electrons. The first kappa shape index (κ1) is 15.6. The zero-order chi connectivity index (χ0) is 6.71. The molecule has 7 heavy (non-hydrogen) atoms. The summed E-state index contributed by atoms with van der Waals surface area (Å²) in [6.07, 6.45) is 0. The van der Waals surface area contributed by atoms with E-state index < -0.39 is 0 Å². The van der Waals surface area contributed by atoms with E-state index in [9.17, 15) is 0 Å². The van der Waals surface area contributed by atoms with Gasteiger partial charge in [0.15, 0.2) is 0 Å². The van der Waals surface area contributed by atoms with Crippen LogP contribution < -0.4 is 0 Å². The van der Waals surface area contributed by atoms with Crippen LogP contribution in [0.25, 0.3) is 0 Å². The normalized spacial score (nSPS) is 4.29. The van der Waals surface area contributed by atoms with Crippen LogP contribution in [0.15, 0.2) is 0 Å². The van der Waals surface area contributed by atoms with Gasteiger partial charge in [-0.3, -0.25) is 0 Å². The Hall–Kier alpha value is 0.719. The molecule has 0 aromatic rings. The molecule has 0 fully saturated rings. The molecule has 0 aromatic heterocycles. The summed E-state index contributed by atoms with van der Waals surface area (Å²) >= 11 is 0.230. The van der Waals surface area contributed by atoms with E-state index in [0.717, 1.165) is 14.2 Å². The van der Waals surface area contributed by atoms with E-state index in [-0.39, 0.29) is 21.1 Å². The molecule has 2 N–H and O–H groups in total. The van der Waals surface area contributed by atoms with Gasteiger partial charge in [0.1, 0.15) is 0 Å². The summed E-state index contributed by atoms with van der Waals surface area (Å²) in [5.41, 5.74) is 0. The third-order valence-corrected chi connectivity index (χ3v) is 0. The molecule has 2 nitrogen and oxygen atoms in total. The van der Waals surface area contributed by atoms with Crippen molar-refractivity contribution in [2.24, 2.45) is 0 Å². The van der Waals surface area contributed by atoms with E-state index >= 15 is 0 Å². The van der Waals surface area contributed by atoms with E-state index in [1.807, 2.05) is 0 Å². The van der Waals surface area contributed by atoms with Crippen LogP contribution in [0.3, 0.4) is 0 Å². The van der Waals surface area contributed by atoms with Gasteiger partial charge in [-0.25, -0.2) is 0 Å². The molecular weight excluding hydrogens is 199 g/mol. The molecule has 0 bridgehead atoms. The van der Waals surface area contributed by atoms with Crippen LogP contribution >= 0.6 is 0 Å². The van der Waals surface area contributed by atoms with Crippen LogP contribution in [0.1, 0.15) is 0 Å². The van der Waals surface area contributed by atoms with Crippen LogP contribution in [-0.4, -0.2) is 45.6 Å². The average molecular weight is 213 g/mol. The van der Waals surface area contributed by atoms with Crippen molar-refractivity contribution in [3.05, 3.63) is 0 Å². The Bertz CT molecular complexity index is 9.65. The van der Waals surface area contributed by atoms with Crippen molar-refractivity contribution in [1.29, 1.82) is 0 Å². The van der Waals surface area contributed by atoms with Crippen LogP contribution in [0.5, 0.6) is 0 Å². The number of hydrogen-bond acceptors (Lipinski definition) is 2. The van der Waals surface area contributed by atoms with Crippen molar-refractivity contribution < 1.29 is 10.2 Å². The number of hydrogen-bond donors (Lipinski definition) is 2. The van der Waals surface area contributed by atoms with E-state index in [1.54, 1.807) is 0 Å². The molecule has 0 atom stereocenters. The van der Waals surface area contributed by atoms with Gasteiger partial charge in [0.05, 0.1) is 0 Å². The third-order valence-electron chi connectivity index (χ3n) is 0. The Morgan fingerprint density at radius 2 is 0.857 bits per heavy atom. The summed E-state index contributed by atoms with van der Waals surface area (Å²) < 4.78 is 0. The fourth-order valence-electron chi connectivity index (χ4n) is 0. The Labute approximate surface area is 55.8 Å². The van der Waals surface area contributed by atoms with Crippen LogP contribution in [0.2, 0.25) is 9.88 Å². The Kier molecular flexibility index (Phi) is 166. The van der Waals surface area contributed by atoms with Gasteiger partial charge in [-0.15, -0.1) is 0 Å². The summed E-state index contributed by atoms with van der Waals surface area (Å²) in [5, 5.41) is 14.0. The maximum atomic E-state index is 7.00. The van der Waals surface area contributed by atoms with Gasteiger partial charge < -0.3 is 10.2 Å². The Morgan fingerprint density at radius 3 is 0.857 bits per heavy atom. The van der Waals surface area contributed by atoms with Gasteiger partial charge in [0, 0.05) is 14.2 Å². The van der Waals surface area contributed by atoms with Crippen molar-refractivity contribution in [1.82, 2.24) is 0 Å². The molecule has 0 aliphatic heterocycles. The van der Waals surface area contributed by atoms with Crippen molar-refractivity contribution in [2.75, 3.05) is 14.2 Å². The molecule has 0 aliphatic carbocycles. The van der Waals surface area contributed by atoms with Gasteiger partial charge in [0.2, 0.25) is 0 Å². The predicted molar refractivity (Wildman–Crippen MR) is 33.8 cm³/mol. The molecule has 0 saturated heterocycles. The summed E-state index contributed by atoms with van der Waals surface area (Å²) in [7, 11) is 2.00. The van der Waals surface area contributed by atoms with E-state index in [0.29, 0.717) is 0 Å². The van der Waals surface area contributed by atoms with Crippen molar-refractivity contribution >= 4 is 21.1 Å². The molecular formula is C4H14O2Sn. The topological polar surface area (TPSA) is 40.5 Å². The fourth-order valence-corrected chi connectivity index (χ4v) is 0. The summed E-state index contributed by atoms with van der Waals surface area (Å²) in [4.78, 5) is 4.59. The third kappa shape index (κ3) is 290. The molecule has 46 valence electrons. The van der Waals surface area contributed by atoms with Gasteiger partial charge in [-0.05, 0) is 0 Å². The minimum absolute atomic E-state index is 0.230. The number of aliphatic hydroxyl groups is 2.